The van der Waals surface area contributed by atoms with Crippen molar-refractivity contribution in [1.82, 2.24) is 9.55 Å². The molecule has 2 N–H and O–H groups in total. The van der Waals surface area contributed by atoms with E-state index in [4.69, 9.17) is 15.2 Å². The quantitative estimate of drug-likeness (QED) is 0.898. The Balaban J connectivity index is 2.15. The minimum atomic E-state index is 0.249. The van der Waals surface area contributed by atoms with Crippen LogP contribution >= 0.6 is 0 Å². The number of nitrogens with two attached hydrogens (primary N) is 1. The van der Waals surface area contributed by atoms with Gasteiger partial charge in [0.25, 0.3) is 0 Å². The largest absolute Gasteiger partial charge is 0.493 e. The van der Waals surface area contributed by atoms with Gasteiger partial charge in [0.1, 0.15) is 18.2 Å². The lowest BCUT2D eigenvalue weighted by Crippen LogP contribution is -2.11. The average Bonchev–Trinajstić information content (AvgIpc) is 2.78. The van der Waals surface area contributed by atoms with Crippen molar-refractivity contribution in [3.8, 4) is 11.5 Å². The maximum atomic E-state index is 5.89. The van der Waals surface area contributed by atoms with Crippen LogP contribution in [0.4, 0.5) is 5.82 Å². The Morgan fingerprint density at radius 1 is 1.26 bits per heavy atom. The molecule has 0 unspecified atom stereocenters. The highest BCUT2D eigenvalue weighted by Gasteiger charge is 2.12. The van der Waals surface area contributed by atoms with E-state index in [-0.39, 0.29) is 6.04 Å². The summed E-state index contributed by atoms with van der Waals surface area (Å²) in [6.07, 6.45) is 1.65. The van der Waals surface area contributed by atoms with Gasteiger partial charge >= 0.3 is 0 Å². The molecule has 19 heavy (non-hydrogen) atoms. The molecule has 0 aliphatic heterocycles. The number of methoxy groups -OCH3 is 1. The second-order valence-electron chi connectivity index (χ2n) is 4.50. The van der Waals surface area contributed by atoms with Gasteiger partial charge in [0, 0.05) is 6.04 Å². The molecule has 2 rings (SSSR count). The molecule has 0 bridgehead atoms. The number of anilines is 1. The molecule has 5 nitrogen and oxygen atoms in total. The average molecular weight is 261 g/mol. The van der Waals surface area contributed by atoms with Gasteiger partial charge in [0.15, 0.2) is 11.5 Å². The van der Waals surface area contributed by atoms with E-state index in [1.165, 1.54) is 0 Å². The number of ether oxygens (including phenoxy) is 2. The van der Waals surface area contributed by atoms with E-state index in [0.29, 0.717) is 23.9 Å². The van der Waals surface area contributed by atoms with E-state index in [0.717, 1.165) is 5.82 Å². The van der Waals surface area contributed by atoms with Crippen LogP contribution < -0.4 is 15.2 Å². The van der Waals surface area contributed by atoms with Crippen molar-refractivity contribution < 1.29 is 9.47 Å². The zero-order chi connectivity index (χ0) is 13.8. The molecule has 5 heteroatoms. The van der Waals surface area contributed by atoms with E-state index >= 15 is 0 Å². The Labute approximate surface area is 113 Å². The molecule has 0 amide bonds. The molecule has 0 radical (unpaired) electrons. The van der Waals surface area contributed by atoms with E-state index in [9.17, 15) is 0 Å². The van der Waals surface area contributed by atoms with E-state index in [2.05, 4.69) is 18.8 Å². The molecule has 0 spiro atoms. The topological polar surface area (TPSA) is 62.3 Å². The number of nitrogen functional groups attached to an aromatic ring is 1. The van der Waals surface area contributed by atoms with Gasteiger partial charge in [-0.1, -0.05) is 12.1 Å². The minimum absolute atomic E-state index is 0.249. The summed E-state index contributed by atoms with van der Waals surface area (Å²) in [5.41, 5.74) is 5.89. The zero-order valence-electron chi connectivity index (χ0n) is 11.5. The van der Waals surface area contributed by atoms with Gasteiger partial charge in [-0.15, -0.1) is 0 Å². The van der Waals surface area contributed by atoms with E-state index in [1.807, 2.05) is 28.8 Å². The fraction of sp³-hybridized carbons (Fsp3) is 0.357. The summed E-state index contributed by atoms with van der Waals surface area (Å²) in [7, 11) is 1.62. The van der Waals surface area contributed by atoms with Crippen LogP contribution in [0.5, 0.6) is 11.5 Å². The summed E-state index contributed by atoms with van der Waals surface area (Å²) in [6.45, 7) is 4.48. The first-order valence-electron chi connectivity index (χ1n) is 6.21. The first-order chi connectivity index (χ1) is 9.13. The Morgan fingerprint density at radius 3 is 2.58 bits per heavy atom. The number of nitrogens with zero attached hydrogens (tertiary/aromatic N) is 2. The summed E-state index contributed by atoms with van der Waals surface area (Å²) in [5, 5.41) is 0. The summed E-state index contributed by atoms with van der Waals surface area (Å²) >= 11 is 0. The fourth-order valence-corrected chi connectivity index (χ4v) is 2.00. The normalized spacial score (nSPS) is 10.7. The minimum Gasteiger partial charge on any atom is -0.493 e. The van der Waals surface area contributed by atoms with Crippen LogP contribution in [0, 0.1) is 0 Å². The van der Waals surface area contributed by atoms with Crippen LogP contribution in [0.3, 0.4) is 0 Å². The summed E-state index contributed by atoms with van der Waals surface area (Å²) in [6, 6.07) is 7.78. The van der Waals surface area contributed by atoms with Crippen LogP contribution in [0.1, 0.15) is 25.7 Å². The molecular weight excluding hydrogens is 242 g/mol. The maximum absolute atomic E-state index is 5.89. The van der Waals surface area contributed by atoms with Crippen LogP contribution in [0.25, 0.3) is 0 Å². The van der Waals surface area contributed by atoms with Crippen molar-refractivity contribution in [1.29, 1.82) is 0 Å². The monoisotopic (exact) mass is 261 g/mol. The Kier molecular flexibility index (Phi) is 3.94. The molecule has 0 saturated heterocycles. The van der Waals surface area contributed by atoms with Crippen molar-refractivity contribution in [2.24, 2.45) is 0 Å². The third kappa shape index (κ3) is 2.81. The lowest BCUT2D eigenvalue weighted by atomic mass is 10.3. The van der Waals surface area contributed by atoms with Gasteiger partial charge in [-0.3, -0.25) is 0 Å². The number of aromatic nitrogens is 2. The van der Waals surface area contributed by atoms with Gasteiger partial charge in [0.05, 0.1) is 13.3 Å². The SMILES string of the molecule is COc1ccccc1OCc1ncc(N)n1C(C)C. The number of para-hydroxylation sites is 2. The van der Waals surface area contributed by atoms with Crippen molar-refractivity contribution in [2.45, 2.75) is 26.5 Å². The number of imidazole rings is 1. The first kappa shape index (κ1) is 13.3. The molecule has 0 aliphatic carbocycles. The van der Waals surface area contributed by atoms with Gasteiger partial charge < -0.3 is 19.8 Å². The smallest absolute Gasteiger partial charge is 0.161 e. The number of hydrogen-bond donors (Lipinski definition) is 1. The Morgan fingerprint density at radius 2 is 1.95 bits per heavy atom. The second-order valence-corrected chi connectivity index (χ2v) is 4.50. The van der Waals surface area contributed by atoms with Gasteiger partial charge in [0.2, 0.25) is 0 Å². The van der Waals surface area contributed by atoms with Crippen LogP contribution in [0.15, 0.2) is 30.5 Å². The van der Waals surface area contributed by atoms with Gasteiger partial charge in [-0.05, 0) is 26.0 Å². The van der Waals surface area contributed by atoms with E-state index in [1.54, 1.807) is 13.3 Å². The standard InChI is InChI=1S/C14H19N3O2/c1-10(2)17-13(15)8-16-14(17)9-19-12-7-5-4-6-11(12)18-3/h4-8,10H,9,15H2,1-3H3. The number of benzene rings is 1. The molecule has 0 atom stereocenters. The molecule has 2 aromatic rings. The van der Waals surface area contributed by atoms with Crippen LogP contribution in [-0.4, -0.2) is 16.7 Å². The highest BCUT2D eigenvalue weighted by Crippen LogP contribution is 2.27. The molecule has 1 aromatic carbocycles. The van der Waals surface area contributed by atoms with Gasteiger partial charge in [-0.25, -0.2) is 4.98 Å². The highest BCUT2D eigenvalue weighted by molar-refractivity contribution is 5.39. The molecule has 1 heterocycles. The Hall–Kier alpha value is -2.17. The third-order valence-electron chi connectivity index (χ3n) is 2.84. The van der Waals surface area contributed by atoms with Gasteiger partial charge in [-0.2, -0.15) is 0 Å². The van der Waals surface area contributed by atoms with Crippen LogP contribution in [0.2, 0.25) is 0 Å². The lowest BCUT2D eigenvalue weighted by Gasteiger charge is -2.15. The van der Waals surface area contributed by atoms with Crippen molar-refractivity contribution in [3.63, 3.8) is 0 Å². The first-order valence-corrected chi connectivity index (χ1v) is 6.21. The van der Waals surface area contributed by atoms with Crippen molar-refractivity contribution in [3.05, 3.63) is 36.3 Å². The van der Waals surface area contributed by atoms with Crippen molar-refractivity contribution >= 4 is 5.82 Å². The fourth-order valence-electron chi connectivity index (χ4n) is 2.00. The predicted octanol–water partition coefficient (Wildman–Crippen LogP) is 2.63. The predicted molar refractivity (Wildman–Crippen MR) is 74.4 cm³/mol. The molecule has 1 aromatic heterocycles. The van der Waals surface area contributed by atoms with Crippen LogP contribution in [-0.2, 0) is 6.61 Å². The Bertz CT molecular complexity index is 549. The molecule has 0 saturated carbocycles. The zero-order valence-corrected chi connectivity index (χ0v) is 11.5. The highest BCUT2D eigenvalue weighted by atomic mass is 16.5. The molecule has 0 aliphatic rings. The lowest BCUT2D eigenvalue weighted by molar-refractivity contribution is 0.269. The third-order valence-corrected chi connectivity index (χ3v) is 2.84. The number of hydrogen-bond acceptors (Lipinski definition) is 4. The maximum Gasteiger partial charge on any atom is 0.161 e. The summed E-state index contributed by atoms with van der Waals surface area (Å²) in [5.74, 6) is 2.85. The summed E-state index contributed by atoms with van der Waals surface area (Å²) < 4.78 is 12.9. The molecule has 102 valence electrons. The van der Waals surface area contributed by atoms with Crippen molar-refractivity contribution in [2.75, 3.05) is 12.8 Å². The number of rotatable bonds is 5. The molecular formula is C14H19N3O2. The molecule has 0 fully saturated rings. The second kappa shape index (κ2) is 5.65. The summed E-state index contributed by atoms with van der Waals surface area (Å²) in [4.78, 5) is 4.28. The van der Waals surface area contributed by atoms with E-state index < -0.39 is 0 Å².